The number of nitriles is 1. The Hall–Kier alpha value is -4.16. The lowest BCUT2D eigenvalue weighted by Crippen LogP contribution is -2.40. The third-order valence-electron chi connectivity index (χ3n) is 4.59. The first-order valence-electron chi connectivity index (χ1n) is 9.97. The van der Waals surface area contributed by atoms with Crippen LogP contribution in [-0.4, -0.2) is 33.7 Å². The quantitative estimate of drug-likeness (QED) is 0.388. The lowest BCUT2D eigenvalue weighted by Gasteiger charge is -2.25. The van der Waals surface area contributed by atoms with Gasteiger partial charge in [-0.1, -0.05) is 36.4 Å². The molecule has 3 aromatic carbocycles. The van der Waals surface area contributed by atoms with Gasteiger partial charge in [0.1, 0.15) is 18.4 Å². The molecule has 9 heteroatoms. The maximum absolute atomic E-state index is 13.3. The van der Waals surface area contributed by atoms with Gasteiger partial charge in [0.05, 0.1) is 16.8 Å². The highest BCUT2D eigenvalue weighted by molar-refractivity contribution is 7.92. The van der Waals surface area contributed by atoms with Crippen LogP contribution in [-0.2, 0) is 14.8 Å². The van der Waals surface area contributed by atoms with E-state index in [2.05, 4.69) is 10.5 Å². The maximum atomic E-state index is 13.3. The lowest BCUT2D eigenvalue weighted by molar-refractivity contribution is -0.119. The van der Waals surface area contributed by atoms with Crippen LogP contribution < -0.4 is 14.5 Å². The van der Waals surface area contributed by atoms with E-state index in [0.717, 1.165) is 4.31 Å². The molecule has 1 amide bonds. The van der Waals surface area contributed by atoms with E-state index in [4.69, 9.17) is 10.00 Å². The Morgan fingerprint density at radius 3 is 2.39 bits per heavy atom. The zero-order valence-corrected chi connectivity index (χ0v) is 18.7. The van der Waals surface area contributed by atoms with Crippen molar-refractivity contribution in [3.8, 4) is 11.8 Å². The number of anilines is 1. The van der Waals surface area contributed by atoms with E-state index < -0.39 is 22.5 Å². The number of hydrogen-bond acceptors (Lipinski definition) is 6. The molecule has 0 saturated heterocycles. The second kappa shape index (κ2) is 10.9. The summed E-state index contributed by atoms with van der Waals surface area (Å²) in [5.41, 5.74) is 4.19. The van der Waals surface area contributed by atoms with Crippen LogP contribution in [0.15, 0.2) is 88.9 Å². The summed E-state index contributed by atoms with van der Waals surface area (Å²) in [6.45, 7) is 1.29. The van der Waals surface area contributed by atoms with E-state index in [9.17, 15) is 13.2 Å². The van der Waals surface area contributed by atoms with Gasteiger partial charge >= 0.3 is 0 Å². The summed E-state index contributed by atoms with van der Waals surface area (Å²) in [6.07, 6.45) is 1.43. The van der Waals surface area contributed by atoms with E-state index >= 15 is 0 Å². The number of hydrogen-bond donors (Lipinski definition) is 1. The van der Waals surface area contributed by atoms with Crippen LogP contribution in [0.1, 0.15) is 11.1 Å². The fourth-order valence-electron chi connectivity index (χ4n) is 2.97. The van der Waals surface area contributed by atoms with Gasteiger partial charge in [0.15, 0.2) is 6.61 Å². The SMILES string of the molecule is Cc1ccccc1N(CC(=O)N/N=C/c1ccc(OCC#N)cc1)S(=O)(=O)c1ccccc1. The Morgan fingerprint density at radius 2 is 1.73 bits per heavy atom. The fourth-order valence-corrected chi connectivity index (χ4v) is 4.48. The normalized spacial score (nSPS) is 11.0. The average molecular weight is 463 g/mol. The number of carbonyl (C=O) groups excluding carboxylic acids is 1. The van der Waals surface area contributed by atoms with Gasteiger partial charge in [-0.2, -0.15) is 10.4 Å². The summed E-state index contributed by atoms with van der Waals surface area (Å²) < 4.78 is 32.8. The number of carbonyl (C=O) groups is 1. The smallest absolute Gasteiger partial charge is 0.264 e. The highest BCUT2D eigenvalue weighted by atomic mass is 32.2. The van der Waals surface area contributed by atoms with Gasteiger partial charge in [-0.05, 0) is 60.5 Å². The van der Waals surface area contributed by atoms with Crippen molar-refractivity contribution in [1.82, 2.24) is 5.43 Å². The number of benzene rings is 3. The minimum absolute atomic E-state index is 0.0488. The van der Waals surface area contributed by atoms with Gasteiger partial charge in [0.2, 0.25) is 0 Å². The standard InChI is InChI=1S/C24H22N4O4S/c1-19-7-5-6-10-23(19)28(33(30,31)22-8-3-2-4-9-22)18-24(29)27-26-17-20-11-13-21(14-12-20)32-16-15-25/h2-14,17H,16,18H2,1H3,(H,27,29)/b26-17+. The molecule has 3 aromatic rings. The zero-order valence-electron chi connectivity index (χ0n) is 17.9. The summed E-state index contributed by atoms with van der Waals surface area (Å²) in [5, 5.41) is 12.5. The summed E-state index contributed by atoms with van der Waals surface area (Å²) >= 11 is 0. The molecule has 0 unspecified atom stereocenters. The van der Waals surface area contributed by atoms with E-state index in [1.54, 1.807) is 73.7 Å². The molecule has 0 aliphatic heterocycles. The molecule has 0 atom stereocenters. The van der Waals surface area contributed by atoms with Crippen molar-refractivity contribution >= 4 is 27.8 Å². The second-order valence-corrected chi connectivity index (χ2v) is 8.78. The average Bonchev–Trinajstić information content (AvgIpc) is 2.83. The molecule has 1 N–H and O–H groups in total. The molecule has 0 spiro atoms. The number of nitrogens with zero attached hydrogens (tertiary/aromatic N) is 3. The van der Waals surface area contributed by atoms with Gasteiger partial charge in [0, 0.05) is 0 Å². The second-order valence-electron chi connectivity index (χ2n) is 6.92. The predicted molar refractivity (Wildman–Crippen MR) is 125 cm³/mol. The number of para-hydroxylation sites is 1. The molecule has 0 radical (unpaired) electrons. The van der Waals surface area contributed by atoms with Gasteiger partial charge in [-0.15, -0.1) is 0 Å². The molecule has 0 aliphatic carbocycles. The molecule has 0 aliphatic rings. The highest BCUT2D eigenvalue weighted by Crippen LogP contribution is 2.26. The van der Waals surface area contributed by atoms with Gasteiger partial charge in [0.25, 0.3) is 15.9 Å². The molecule has 0 saturated carbocycles. The first kappa shape index (κ1) is 23.5. The van der Waals surface area contributed by atoms with Crippen molar-refractivity contribution in [3.63, 3.8) is 0 Å². The number of sulfonamides is 1. The summed E-state index contributed by atoms with van der Waals surface area (Å²) in [5.74, 6) is -0.0549. The largest absolute Gasteiger partial charge is 0.479 e. The minimum atomic E-state index is -3.98. The van der Waals surface area contributed by atoms with Gasteiger partial charge in [-0.3, -0.25) is 9.10 Å². The molecule has 0 aromatic heterocycles. The molecular weight excluding hydrogens is 440 g/mol. The van der Waals surface area contributed by atoms with Gasteiger partial charge < -0.3 is 4.74 Å². The van der Waals surface area contributed by atoms with E-state index in [-0.39, 0.29) is 11.5 Å². The molecular formula is C24H22N4O4S. The molecule has 0 bridgehead atoms. The maximum Gasteiger partial charge on any atom is 0.264 e. The number of hydrazone groups is 1. The molecule has 0 fully saturated rings. The predicted octanol–water partition coefficient (Wildman–Crippen LogP) is 3.24. The van der Waals surface area contributed by atoms with Crippen molar-refractivity contribution in [2.24, 2.45) is 5.10 Å². The molecule has 168 valence electrons. The summed E-state index contributed by atoms with van der Waals surface area (Å²) in [7, 11) is -3.98. The van der Waals surface area contributed by atoms with Crippen molar-refractivity contribution < 1.29 is 17.9 Å². The van der Waals surface area contributed by atoms with E-state index in [0.29, 0.717) is 22.6 Å². The van der Waals surface area contributed by atoms with E-state index in [1.807, 2.05) is 6.07 Å². The zero-order chi connectivity index (χ0) is 23.7. The Balaban J connectivity index is 1.75. The first-order chi connectivity index (χ1) is 15.9. The fraction of sp³-hybridized carbons (Fsp3) is 0.125. The molecule has 0 heterocycles. The van der Waals surface area contributed by atoms with Crippen molar-refractivity contribution in [3.05, 3.63) is 90.0 Å². The topological polar surface area (TPSA) is 112 Å². The number of nitrogens with one attached hydrogen (secondary N) is 1. The van der Waals surface area contributed by atoms with Crippen LogP contribution in [0.4, 0.5) is 5.69 Å². The van der Waals surface area contributed by atoms with Crippen LogP contribution in [0.25, 0.3) is 0 Å². The van der Waals surface area contributed by atoms with Crippen molar-refractivity contribution in [2.75, 3.05) is 17.5 Å². The Bertz CT molecular complexity index is 1270. The third-order valence-corrected chi connectivity index (χ3v) is 6.36. The molecule has 33 heavy (non-hydrogen) atoms. The van der Waals surface area contributed by atoms with Crippen LogP contribution in [0, 0.1) is 18.3 Å². The number of rotatable bonds is 9. The Labute approximate surface area is 192 Å². The first-order valence-corrected chi connectivity index (χ1v) is 11.4. The van der Waals surface area contributed by atoms with Crippen molar-refractivity contribution in [2.45, 2.75) is 11.8 Å². The Kier molecular flexibility index (Phi) is 7.78. The Morgan fingerprint density at radius 1 is 1.06 bits per heavy atom. The monoisotopic (exact) mass is 462 g/mol. The summed E-state index contributed by atoms with van der Waals surface area (Å²) in [4.78, 5) is 12.7. The van der Waals surface area contributed by atoms with Crippen LogP contribution in [0.2, 0.25) is 0 Å². The number of amides is 1. The highest BCUT2D eigenvalue weighted by Gasteiger charge is 2.27. The van der Waals surface area contributed by atoms with Gasteiger partial charge in [-0.25, -0.2) is 13.8 Å². The van der Waals surface area contributed by atoms with Crippen molar-refractivity contribution in [1.29, 1.82) is 5.26 Å². The van der Waals surface area contributed by atoms with Crippen LogP contribution in [0.5, 0.6) is 5.75 Å². The van der Waals surface area contributed by atoms with E-state index in [1.165, 1.54) is 18.3 Å². The minimum Gasteiger partial charge on any atom is -0.479 e. The molecule has 8 nitrogen and oxygen atoms in total. The third kappa shape index (κ3) is 6.18. The number of ether oxygens (including phenoxy) is 1. The lowest BCUT2D eigenvalue weighted by atomic mass is 10.2. The molecule has 3 rings (SSSR count). The van der Waals surface area contributed by atoms with Crippen LogP contribution >= 0.6 is 0 Å². The summed E-state index contributed by atoms with van der Waals surface area (Å²) in [6, 6.07) is 23.6. The van der Waals surface area contributed by atoms with Crippen LogP contribution in [0.3, 0.4) is 0 Å². The number of aryl methyl sites for hydroxylation is 1.